The van der Waals surface area contributed by atoms with E-state index in [0.717, 1.165) is 27.1 Å². The highest BCUT2D eigenvalue weighted by Crippen LogP contribution is 2.37. The zero-order chi connectivity index (χ0) is 13.6. The molecular formula is C17H16O2. The van der Waals surface area contributed by atoms with Gasteiger partial charge in [-0.1, -0.05) is 38.1 Å². The Morgan fingerprint density at radius 1 is 0.789 bits per heavy atom. The predicted molar refractivity (Wildman–Crippen MR) is 78.9 cm³/mol. The molecule has 2 N–H and O–H groups in total. The first kappa shape index (κ1) is 11.8. The number of hydrogen-bond donors (Lipinski definition) is 2. The van der Waals surface area contributed by atoms with Gasteiger partial charge in [0.05, 0.1) is 0 Å². The summed E-state index contributed by atoms with van der Waals surface area (Å²) in [4.78, 5) is 0. The van der Waals surface area contributed by atoms with E-state index in [4.69, 9.17) is 0 Å². The number of hydrogen-bond acceptors (Lipinski definition) is 2. The second-order valence-electron chi connectivity index (χ2n) is 5.22. The van der Waals surface area contributed by atoms with E-state index in [1.807, 2.05) is 24.3 Å². The topological polar surface area (TPSA) is 40.5 Å². The number of phenolic OH excluding ortho intramolecular Hbond substituents is 2. The lowest BCUT2D eigenvalue weighted by Crippen LogP contribution is -1.91. The van der Waals surface area contributed by atoms with E-state index in [2.05, 4.69) is 13.8 Å². The van der Waals surface area contributed by atoms with Crippen molar-refractivity contribution in [1.82, 2.24) is 0 Å². The van der Waals surface area contributed by atoms with E-state index in [1.165, 1.54) is 0 Å². The van der Waals surface area contributed by atoms with Crippen molar-refractivity contribution in [2.45, 2.75) is 19.8 Å². The van der Waals surface area contributed by atoms with Gasteiger partial charge < -0.3 is 10.2 Å². The molecule has 0 radical (unpaired) electrons. The summed E-state index contributed by atoms with van der Waals surface area (Å²) >= 11 is 0. The molecule has 0 atom stereocenters. The SMILES string of the molecule is CC(C)c1c(O)ccc2c1ccc1ccc(O)cc12. The molecule has 0 aromatic heterocycles. The van der Waals surface area contributed by atoms with Crippen molar-refractivity contribution < 1.29 is 10.2 Å². The minimum absolute atomic E-state index is 0.249. The fourth-order valence-electron chi connectivity index (χ4n) is 2.74. The fraction of sp³-hybridized carbons (Fsp3) is 0.176. The standard InChI is InChI=1S/C17H16O2/c1-10(2)17-14-6-4-11-3-5-12(18)9-15(11)13(14)7-8-16(17)19/h3-10,18-19H,1-2H3. The van der Waals surface area contributed by atoms with E-state index in [-0.39, 0.29) is 11.7 Å². The van der Waals surface area contributed by atoms with Gasteiger partial charge in [0, 0.05) is 5.56 Å². The zero-order valence-corrected chi connectivity index (χ0v) is 11.0. The first-order chi connectivity index (χ1) is 9.08. The summed E-state index contributed by atoms with van der Waals surface area (Å²) in [6.45, 7) is 4.14. The smallest absolute Gasteiger partial charge is 0.119 e. The van der Waals surface area contributed by atoms with E-state index in [1.54, 1.807) is 18.2 Å². The first-order valence-electron chi connectivity index (χ1n) is 6.45. The van der Waals surface area contributed by atoms with Crippen molar-refractivity contribution in [1.29, 1.82) is 0 Å². The molecular weight excluding hydrogens is 236 g/mol. The molecule has 3 rings (SSSR count). The summed E-state index contributed by atoms with van der Waals surface area (Å²) in [5.74, 6) is 0.847. The van der Waals surface area contributed by atoms with Gasteiger partial charge >= 0.3 is 0 Å². The second-order valence-corrected chi connectivity index (χ2v) is 5.22. The summed E-state index contributed by atoms with van der Waals surface area (Å²) in [6, 6.07) is 13.1. The molecule has 0 fully saturated rings. The molecule has 0 aliphatic carbocycles. The van der Waals surface area contributed by atoms with Crippen molar-refractivity contribution in [3.8, 4) is 11.5 Å². The third-order valence-electron chi connectivity index (χ3n) is 3.60. The molecule has 0 saturated carbocycles. The van der Waals surface area contributed by atoms with Gasteiger partial charge in [-0.15, -0.1) is 0 Å². The number of phenols is 2. The number of benzene rings is 3. The Morgan fingerprint density at radius 2 is 1.47 bits per heavy atom. The summed E-state index contributed by atoms with van der Waals surface area (Å²) < 4.78 is 0. The quantitative estimate of drug-likeness (QED) is 0.625. The Morgan fingerprint density at radius 3 is 2.21 bits per heavy atom. The van der Waals surface area contributed by atoms with Crippen LogP contribution >= 0.6 is 0 Å². The maximum absolute atomic E-state index is 10.1. The lowest BCUT2D eigenvalue weighted by Gasteiger charge is -2.14. The van der Waals surface area contributed by atoms with Gasteiger partial charge in [-0.2, -0.15) is 0 Å². The van der Waals surface area contributed by atoms with Crippen LogP contribution in [-0.2, 0) is 0 Å². The Kier molecular flexibility index (Phi) is 2.59. The molecule has 0 aliphatic heterocycles. The van der Waals surface area contributed by atoms with Gasteiger partial charge in [0.15, 0.2) is 0 Å². The molecule has 0 saturated heterocycles. The summed E-state index contributed by atoms with van der Waals surface area (Å²) in [6.07, 6.45) is 0. The molecule has 3 aromatic carbocycles. The van der Waals surface area contributed by atoms with Crippen LogP contribution in [0, 0.1) is 0 Å². The van der Waals surface area contributed by atoms with Gasteiger partial charge in [0.25, 0.3) is 0 Å². The van der Waals surface area contributed by atoms with Crippen LogP contribution in [0.1, 0.15) is 25.3 Å². The molecule has 0 heterocycles. The minimum atomic E-state index is 0.249. The number of rotatable bonds is 1. The molecule has 0 amide bonds. The average Bonchev–Trinajstić information content (AvgIpc) is 2.37. The molecule has 0 bridgehead atoms. The van der Waals surface area contributed by atoms with Crippen molar-refractivity contribution in [3.05, 3.63) is 48.0 Å². The first-order valence-corrected chi connectivity index (χ1v) is 6.45. The molecule has 96 valence electrons. The van der Waals surface area contributed by atoms with E-state index in [9.17, 15) is 10.2 Å². The van der Waals surface area contributed by atoms with Crippen molar-refractivity contribution >= 4 is 21.5 Å². The van der Waals surface area contributed by atoms with Crippen LogP contribution in [0.25, 0.3) is 21.5 Å². The highest BCUT2D eigenvalue weighted by molar-refractivity contribution is 6.09. The Bertz CT molecular complexity index is 773. The lowest BCUT2D eigenvalue weighted by atomic mass is 9.92. The second kappa shape index (κ2) is 4.16. The Hall–Kier alpha value is -2.22. The number of aromatic hydroxyl groups is 2. The maximum Gasteiger partial charge on any atom is 0.119 e. The van der Waals surface area contributed by atoms with E-state index >= 15 is 0 Å². The summed E-state index contributed by atoms with van der Waals surface area (Å²) in [5.41, 5.74) is 0.961. The van der Waals surface area contributed by atoms with Crippen LogP contribution in [0.2, 0.25) is 0 Å². The number of fused-ring (bicyclic) bond motifs is 3. The molecule has 0 aliphatic rings. The predicted octanol–water partition coefficient (Wildman–Crippen LogP) is 4.53. The highest BCUT2D eigenvalue weighted by atomic mass is 16.3. The van der Waals surface area contributed by atoms with Crippen LogP contribution in [0.5, 0.6) is 11.5 Å². The molecule has 19 heavy (non-hydrogen) atoms. The van der Waals surface area contributed by atoms with Crippen molar-refractivity contribution in [2.75, 3.05) is 0 Å². The van der Waals surface area contributed by atoms with Gasteiger partial charge in [0.2, 0.25) is 0 Å². The minimum Gasteiger partial charge on any atom is -0.508 e. The third-order valence-corrected chi connectivity index (χ3v) is 3.60. The molecule has 2 nitrogen and oxygen atoms in total. The largest absolute Gasteiger partial charge is 0.508 e. The van der Waals surface area contributed by atoms with Crippen LogP contribution in [0.3, 0.4) is 0 Å². The molecule has 0 spiro atoms. The van der Waals surface area contributed by atoms with Gasteiger partial charge in [-0.25, -0.2) is 0 Å². The zero-order valence-electron chi connectivity index (χ0n) is 11.0. The normalized spacial score (nSPS) is 11.5. The Labute approximate surface area is 111 Å². The maximum atomic E-state index is 10.1. The lowest BCUT2D eigenvalue weighted by molar-refractivity contribution is 0.466. The van der Waals surface area contributed by atoms with Crippen molar-refractivity contribution in [3.63, 3.8) is 0 Å². The van der Waals surface area contributed by atoms with E-state index < -0.39 is 0 Å². The fourth-order valence-corrected chi connectivity index (χ4v) is 2.74. The van der Waals surface area contributed by atoms with Gasteiger partial charge in [0.1, 0.15) is 11.5 Å². The third kappa shape index (κ3) is 1.80. The molecule has 0 unspecified atom stereocenters. The van der Waals surface area contributed by atoms with Gasteiger partial charge in [-0.05, 0) is 45.7 Å². The van der Waals surface area contributed by atoms with Gasteiger partial charge in [-0.3, -0.25) is 0 Å². The molecule has 3 aromatic rings. The highest BCUT2D eigenvalue weighted by Gasteiger charge is 2.12. The van der Waals surface area contributed by atoms with Crippen LogP contribution < -0.4 is 0 Å². The summed E-state index contributed by atoms with van der Waals surface area (Å²) in [5, 5.41) is 23.9. The molecule has 2 heteroatoms. The van der Waals surface area contributed by atoms with Crippen LogP contribution in [-0.4, -0.2) is 10.2 Å². The Balaban J connectivity index is 2.50. The average molecular weight is 252 g/mol. The van der Waals surface area contributed by atoms with Crippen LogP contribution in [0.4, 0.5) is 0 Å². The van der Waals surface area contributed by atoms with Crippen LogP contribution in [0.15, 0.2) is 42.5 Å². The summed E-state index contributed by atoms with van der Waals surface area (Å²) in [7, 11) is 0. The van der Waals surface area contributed by atoms with Crippen molar-refractivity contribution in [2.24, 2.45) is 0 Å². The monoisotopic (exact) mass is 252 g/mol. The van der Waals surface area contributed by atoms with E-state index in [0.29, 0.717) is 5.75 Å².